The van der Waals surface area contributed by atoms with Gasteiger partial charge in [-0.25, -0.2) is 9.36 Å². The minimum absolute atomic E-state index is 0.208. The third kappa shape index (κ3) is 4.64. The fraction of sp³-hybridized carbons (Fsp3) is 0.750. The average molecular weight is 292 g/mol. The van der Waals surface area contributed by atoms with Gasteiger partial charge in [0.1, 0.15) is 5.76 Å². The van der Waals surface area contributed by atoms with Crippen molar-refractivity contribution in [3.05, 3.63) is 11.3 Å². The molecular formula is C12H21O6P. The summed E-state index contributed by atoms with van der Waals surface area (Å²) in [5, 5.41) is 0. The lowest BCUT2D eigenvalue weighted by Crippen LogP contribution is -2.09. The summed E-state index contributed by atoms with van der Waals surface area (Å²) in [7, 11) is -3.63. The lowest BCUT2D eigenvalue weighted by molar-refractivity contribution is -0.138. The van der Waals surface area contributed by atoms with Crippen LogP contribution in [-0.4, -0.2) is 25.8 Å². The largest absolute Gasteiger partial charge is 0.529 e. The van der Waals surface area contributed by atoms with Gasteiger partial charge in [0, 0.05) is 6.42 Å². The summed E-state index contributed by atoms with van der Waals surface area (Å²) in [4.78, 5) is 11.7. The van der Waals surface area contributed by atoms with Crippen LogP contribution in [0.5, 0.6) is 0 Å². The molecule has 110 valence electrons. The Morgan fingerprint density at radius 1 is 1.11 bits per heavy atom. The van der Waals surface area contributed by atoms with Crippen molar-refractivity contribution in [2.75, 3.05) is 19.8 Å². The summed E-state index contributed by atoms with van der Waals surface area (Å²) in [6.45, 7) is 5.84. The molecular weight excluding hydrogens is 271 g/mol. The maximum absolute atomic E-state index is 12.2. The molecule has 0 fully saturated rings. The number of carbonyl (C=O) groups excluding carboxylic acids is 1. The molecule has 0 aromatic heterocycles. The number of phosphoric acid groups is 1. The summed E-state index contributed by atoms with van der Waals surface area (Å²) in [5.41, 5.74) is 0.432. The Hall–Kier alpha value is -0.840. The van der Waals surface area contributed by atoms with Gasteiger partial charge in [0.15, 0.2) is 0 Å². The predicted molar refractivity (Wildman–Crippen MR) is 69.5 cm³/mol. The molecule has 0 atom stereocenters. The van der Waals surface area contributed by atoms with Crippen LogP contribution in [0.15, 0.2) is 11.3 Å². The van der Waals surface area contributed by atoms with Gasteiger partial charge >= 0.3 is 13.8 Å². The van der Waals surface area contributed by atoms with Gasteiger partial charge in [-0.1, -0.05) is 0 Å². The number of carbonyl (C=O) groups is 1. The molecule has 19 heavy (non-hydrogen) atoms. The number of hydrogen-bond donors (Lipinski definition) is 0. The molecule has 0 bridgehead atoms. The van der Waals surface area contributed by atoms with Gasteiger partial charge in [0.2, 0.25) is 0 Å². The molecule has 0 aromatic rings. The van der Waals surface area contributed by atoms with E-state index in [4.69, 9.17) is 18.3 Å². The number of esters is 1. The van der Waals surface area contributed by atoms with Crippen molar-refractivity contribution in [2.24, 2.45) is 0 Å². The van der Waals surface area contributed by atoms with Crippen LogP contribution in [0.1, 0.15) is 40.0 Å². The van der Waals surface area contributed by atoms with E-state index in [0.29, 0.717) is 30.8 Å². The molecule has 0 radical (unpaired) electrons. The van der Waals surface area contributed by atoms with E-state index in [1.54, 1.807) is 20.8 Å². The predicted octanol–water partition coefficient (Wildman–Crippen LogP) is 3.19. The Bertz CT molecular complexity index is 380. The second kappa shape index (κ2) is 7.68. The first-order valence-electron chi connectivity index (χ1n) is 6.54. The molecule has 0 amide bonds. The van der Waals surface area contributed by atoms with E-state index in [-0.39, 0.29) is 13.2 Å². The smallest absolute Gasteiger partial charge is 0.463 e. The van der Waals surface area contributed by atoms with E-state index < -0.39 is 13.8 Å². The Kier molecular flexibility index (Phi) is 6.55. The van der Waals surface area contributed by atoms with E-state index in [2.05, 4.69) is 0 Å². The van der Waals surface area contributed by atoms with Crippen LogP contribution in [0.3, 0.4) is 0 Å². The number of rotatable bonds is 8. The quantitative estimate of drug-likeness (QED) is 0.505. The fourth-order valence-corrected chi connectivity index (χ4v) is 3.08. The zero-order valence-electron chi connectivity index (χ0n) is 11.6. The van der Waals surface area contributed by atoms with Gasteiger partial charge in [0.05, 0.1) is 25.4 Å². The van der Waals surface area contributed by atoms with Crippen LogP contribution >= 0.6 is 7.82 Å². The lowest BCUT2D eigenvalue weighted by atomic mass is 10.2. The second-order valence-corrected chi connectivity index (χ2v) is 5.44. The Morgan fingerprint density at radius 2 is 1.74 bits per heavy atom. The number of ether oxygens (including phenoxy) is 1. The highest BCUT2D eigenvalue weighted by Crippen LogP contribution is 2.53. The zero-order valence-corrected chi connectivity index (χ0v) is 12.5. The van der Waals surface area contributed by atoms with Gasteiger partial charge in [-0.2, -0.15) is 0 Å². The van der Waals surface area contributed by atoms with E-state index in [0.717, 1.165) is 6.42 Å². The van der Waals surface area contributed by atoms with Crippen LogP contribution < -0.4 is 0 Å². The summed E-state index contributed by atoms with van der Waals surface area (Å²) in [5.74, 6) is -0.0572. The van der Waals surface area contributed by atoms with Crippen molar-refractivity contribution in [2.45, 2.75) is 40.0 Å². The van der Waals surface area contributed by atoms with Crippen molar-refractivity contribution >= 4 is 13.8 Å². The third-order valence-corrected chi connectivity index (χ3v) is 4.08. The standard InChI is InChI=1S/C12H21O6P/c1-4-15-12(13)10-8-7-9-11(10)18-19(14,16-5-2)17-6-3/h4-9H2,1-3H3. The first-order chi connectivity index (χ1) is 9.06. The Morgan fingerprint density at radius 3 is 2.26 bits per heavy atom. The minimum Gasteiger partial charge on any atom is -0.463 e. The normalized spacial score (nSPS) is 15.7. The minimum atomic E-state index is -3.63. The first kappa shape index (κ1) is 16.2. The van der Waals surface area contributed by atoms with E-state index in [9.17, 15) is 9.36 Å². The van der Waals surface area contributed by atoms with Crippen LogP contribution in [0.25, 0.3) is 0 Å². The highest BCUT2D eigenvalue weighted by molar-refractivity contribution is 7.48. The summed E-state index contributed by atoms with van der Waals surface area (Å²) < 4.78 is 32.6. The van der Waals surface area contributed by atoms with Gasteiger partial charge in [-0.15, -0.1) is 0 Å². The monoisotopic (exact) mass is 292 g/mol. The average Bonchev–Trinajstić information content (AvgIpc) is 2.77. The van der Waals surface area contributed by atoms with Gasteiger partial charge in [0.25, 0.3) is 0 Å². The maximum atomic E-state index is 12.2. The third-order valence-electron chi connectivity index (χ3n) is 2.49. The number of hydrogen-bond acceptors (Lipinski definition) is 6. The molecule has 0 saturated carbocycles. The van der Waals surface area contributed by atoms with Crippen molar-refractivity contribution in [1.29, 1.82) is 0 Å². The summed E-state index contributed by atoms with van der Waals surface area (Å²) in [6, 6.07) is 0. The van der Waals surface area contributed by atoms with E-state index in [1.165, 1.54) is 0 Å². The number of allylic oxidation sites excluding steroid dienone is 1. The Labute approximate surface area is 113 Å². The highest BCUT2D eigenvalue weighted by Gasteiger charge is 2.33. The molecule has 7 heteroatoms. The van der Waals surface area contributed by atoms with Crippen molar-refractivity contribution in [3.63, 3.8) is 0 Å². The molecule has 0 heterocycles. The summed E-state index contributed by atoms with van der Waals surface area (Å²) >= 11 is 0. The SMILES string of the molecule is CCOC(=O)C1=C(OP(=O)(OCC)OCC)CCC1. The molecule has 0 spiro atoms. The molecule has 0 saturated heterocycles. The molecule has 0 unspecified atom stereocenters. The van der Waals surface area contributed by atoms with E-state index in [1.807, 2.05) is 0 Å². The number of phosphoric ester groups is 1. The molecule has 1 aliphatic carbocycles. The van der Waals surface area contributed by atoms with Crippen molar-refractivity contribution in [3.8, 4) is 0 Å². The molecule has 6 nitrogen and oxygen atoms in total. The second-order valence-electron chi connectivity index (χ2n) is 3.85. The highest BCUT2D eigenvalue weighted by atomic mass is 31.2. The van der Waals surface area contributed by atoms with E-state index >= 15 is 0 Å². The molecule has 1 aliphatic rings. The van der Waals surface area contributed by atoms with Crippen LogP contribution in [-0.2, 0) is 27.7 Å². The lowest BCUT2D eigenvalue weighted by Gasteiger charge is -2.18. The van der Waals surface area contributed by atoms with Gasteiger partial charge < -0.3 is 9.26 Å². The topological polar surface area (TPSA) is 71.1 Å². The van der Waals surface area contributed by atoms with Crippen LogP contribution in [0.2, 0.25) is 0 Å². The molecule has 0 aliphatic heterocycles. The Balaban J connectivity index is 2.84. The van der Waals surface area contributed by atoms with Crippen LogP contribution in [0.4, 0.5) is 0 Å². The van der Waals surface area contributed by atoms with Gasteiger partial charge in [-0.3, -0.25) is 9.05 Å². The van der Waals surface area contributed by atoms with Crippen molar-refractivity contribution < 1.29 is 27.7 Å². The van der Waals surface area contributed by atoms with Gasteiger partial charge in [-0.05, 0) is 33.6 Å². The zero-order chi connectivity index (χ0) is 14.3. The molecule has 0 aromatic carbocycles. The fourth-order valence-electron chi connectivity index (χ4n) is 1.79. The summed E-state index contributed by atoms with van der Waals surface area (Å²) in [6.07, 6.45) is 1.87. The molecule has 1 rings (SSSR count). The molecule has 0 N–H and O–H groups in total. The van der Waals surface area contributed by atoms with Crippen molar-refractivity contribution in [1.82, 2.24) is 0 Å². The van der Waals surface area contributed by atoms with Crippen LogP contribution in [0, 0.1) is 0 Å². The first-order valence-corrected chi connectivity index (χ1v) is 8.00. The maximum Gasteiger partial charge on any atom is 0.529 e.